The quantitative estimate of drug-likeness (QED) is 0.818. The molecule has 0 saturated heterocycles. The van der Waals surface area contributed by atoms with Gasteiger partial charge in [0.25, 0.3) is 0 Å². The molecule has 0 spiro atoms. The summed E-state index contributed by atoms with van der Waals surface area (Å²) in [6.07, 6.45) is 6.99. The number of hydrogen-bond donors (Lipinski definition) is 1. The van der Waals surface area contributed by atoms with E-state index in [-0.39, 0.29) is 17.9 Å². The average Bonchev–Trinajstić information content (AvgIpc) is 2.84. The van der Waals surface area contributed by atoms with Crippen LogP contribution in [0.3, 0.4) is 0 Å². The van der Waals surface area contributed by atoms with Gasteiger partial charge in [-0.25, -0.2) is 0 Å². The maximum Gasteiger partial charge on any atom is 0.223 e. The maximum atomic E-state index is 12.5. The molecule has 1 amide bonds. The molecular weight excluding hydrogens is 288 g/mol. The second-order valence-corrected chi connectivity index (χ2v) is 6.69. The van der Waals surface area contributed by atoms with Crippen LogP contribution in [0, 0.1) is 5.92 Å². The average molecular weight is 318 g/mol. The second kappa shape index (κ2) is 8.92. The van der Waals surface area contributed by atoms with Crippen LogP contribution in [0.2, 0.25) is 0 Å². The highest BCUT2D eigenvalue weighted by atomic mass is 16.5. The highest BCUT2D eigenvalue weighted by molar-refractivity contribution is 5.78. The summed E-state index contributed by atoms with van der Waals surface area (Å²) in [5.74, 6) is 1.27. The molecule has 1 aliphatic rings. The number of benzene rings is 1. The Hall–Kier alpha value is -1.55. The van der Waals surface area contributed by atoms with Crippen molar-refractivity contribution >= 4 is 5.91 Å². The molecule has 1 N–H and O–H groups in total. The molecule has 4 heteroatoms. The molecule has 2 rings (SSSR count). The number of nitrogens with one attached hydrogen (secondary N) is 1. The molecule has 1 aromatic carbocycles. The van der Waals surface area contributed by atoms with Crippen LogP contribution in [0.15, 0.2) is 24.3 Å². The number of amides is 1. The summed E-state index contributed by atoms with van der Waals surface area (Å²) in [5, 5.41) is 3.18. The van der Waals surface area contributed by atoms with Crippen LogP contribution in [0.5, 0.6) is 5.75 Å². The Morgan fingerprint density at radius 2 is 1.96 bits per heavy atom. The van der Waals surface area contributed by atoms with E-state index in [2.05, 4.69) is 16.3 Å². The normalized spacial score (nSPS) is 17.6. The number of carbonyl (C=O) groups excluding carboxylic acids is 1. The third-order valence-electron chi connectivity index (χ3n) is 4.80. The molecule has 4 nitrogen and oxygen atoms in total. The molecule has 1 aromatic rings. The Bertz CT molecular complexity index is 494. The van der Waals surface area contributed by atoms with Crippen molar-refractivity contribution in [1.82, 2.24) is 10.2 Å². The fraction of sp³-hybridized carbons (Fsp3) is 0.632. The van der Waals surface area contributed by atoms with Gasteiger partial charge in [-0.1, -0.05) is 37.8 Å². The summed E-state index contributed by atoms with van der Waals surface area (Å²) in [6, 6.07) is 8.23. The molecule has 0 heterocycles. The number of hydrogen-bond acceptors (Lipinski definition) is 3. The van der Waals surface area contributed by atoms with Gasteiger partial charge in [-0.3, -0.25) is 4.79 Å². The first-order valence-electron chi connectivity index (χ1n) is 8.70. The molecule has 1 saturated carbocycles. The summed E-state index contributed by atoms with van der Waals surface area (Å²) in [4.78, 5) is 14.6. The van der Waals surface area contributed by atoms with Crippen molar-refractivity contribution in [3.63, 3.8) is 0 Å². The largest absolute Gasteiger partial charge is 0.497 e. The second-order valence-electron chi connectivity index (χ2n) is 6.69. The zero-order valence-electron chi connectivity index (χ0n) is 14.7. The van der Waals surface area contributed by atoms with Crippen molar-refractivity contribution in [2.75, 3.05) is 27.7 Å². The Labute approximate surface area is 140 Å². The highest BCUT2D eigenvalue weighted by Crippen LogP contribution is 2.24. The molecule has 0 bridgehead atoms. The predicted octanol–water partition coefficient (Wildman–Crippen LogP) is 3.38. The zero-order valence-corrected chi connectivity index (χ0v) is 14.7. The lowest BCUT2D eigenvalue weighted by atomic mass is 9.99. The van der Waals surface area contributed by atoms with Crippen molar-refractivity contribution in [3.8, 4) is 5.75 Å². The van der Waals surface area contributed by atoms with E-state index in [9.17, 15) is 4.79 Å². The summed E-state index contributed by atoms with van der Waals surface area (Å²) in [5.41, 5.74) is 1.16. The third kappa shape index (κ3) is 5.24. The lowest BCUT2D eigenvalue weighted by molar-refractivity contribution is -0.125. The standard InChI is InChI=1S/C19H30N2O2/c1-21(2)18(16-11-8-12-17(13-16)23-3)14-20-19(22)15-9-6-4-5-7-10-15/h8,11-13,15,18H,4-7,9-10,14H2,1-3H3,(H,20,22). The first-order chi connectivity index (χ1) is 11.1. The summed E-state index contributed by atoms with van der Waals surface area (Å²) >= 11 is 0. The Balaban J connectivity index is 1.97. The molecule has 0 aromatic heterocycles. The van der Waals surface area contributed by atoms with Crippen LogP contribution in [-0.2, 0) is 4.79 Å². The van der Waals surface area contributed by atoms with Gasteiger partial charge in [0.2, 0.25) is 5.91 Å². The van der Waals surface area contributed by atoms with Crippen LogP contribution in [0.25, 0.3) is 0 Å². The molecule has 128 valence electrons. The van der Waals surface area contributed by atoms with Crippen molar-refractivity contribution in [1.29, 1.82) is 0 Å². The fourth-order valence-corrected chi connectivity index (χ4v) is 3.33. The molecular formula is C19H30N2O2. The van der Waals surface area contributed by atoms with E-state index < -0.39 is 0 Å². The SMILES string of the molecule is COc1cccc(C(CNC(=O)C2CCCCCC2)N(C)C)c1. The topological polar surface area (TPSA) is 41.6 Å². The minimum Gasteiger partial charge on any atom is -0.497 e. The van der Waals surface area contributed by atoms with Crippen molar-refractivity contribution < 1.29 is 9.53 Å². The van der Waals surface area contributed by atoms with E-state index in [4.69, 9.17) is 4.74 Å². The predicted molar refractivity (Wildman–Crippen MR) is 93.6 cm³/mol. The summed E-state index contributed by atoms with van der Waals surface area (Å²) in [7, 11) is 5.77. The lowest BCUT2D eigenvalue weighted by Crippen LogP contribution is -2.37. The van der Waals surface area contributed by atoms with Gasteiger partial charge in [0.05, 0.1) is 13.2 Å². The number of likely N-dealkylation sites (N-methyl/N-ethyl adjacent to an activating group) is 1. The Kier molecular flexibility index (Phi) is 6.90. The number of nitrogens with zero attached hydrogens (tertiary/aromatic N) is 1. The van der Waals surface area contributed by atoms with E-state index >= 15 is 0 Å². The molecule has 23 heavy (non-hydrogen) atoms. The molecule has 1 unspecified atom stereocenters. The van der Waals surface area contributed by atoms with E-state index in [1.165, 1.54) is 25.7 Å². The smallest absolute Gasteiger partial charge is 0.223 e. The van der Waals surface area contributed by atoms with Gasteiger partial charge in [0, 0.05) is 12.5 Å². The highest BCUT2D eigenvalue weighted by Gasteiger charge is 2.22. The summed E-state index contributed by atoms with van der Waals surface area (Å²) < 4.78 is 5.31. The van der Waals surface area contributed by atoms with E-state index in [1.54, 1.807) is 7.11 Å². The van der Waals surface area contributed by atoms with Gasteiger partial charge in [-0.05, 0) is 44.6 Å². The lowest BCUT2D eigenvalue weighted by Gasteiger charge is -2.26. The van der Waals surface area contributed by atoms with Crippen LogP contribution in [0.1, 0.15) is 50.1 Å². The van der Waals surface area contributed by atoms with Crippen molar-refractivity contribution in [2.45, 2.75) is 44.6 Å². The van der Waals surface area contributed by atoms with Crippen LogP contribution >= 0.6 is 0 Å². The van der Waals surface area contributed by atoms with Crippen LogP contribution in [0.4, 0.5) is 0 Å². The first-order valence-corrected chi connectivity index (χ1v) is 8.70. The van der Waals surface area contributed by atoms with E-state index in [1.807, 2.05) is 32.3 Å². The molecule has 0 radical (unpaired) electrons. The molecule has 1 fully saturated rings. The number of ether oxygens (including phenoxy) is 1. The van der Waals surface area contributed by atoms with Gasteiger partial charge < -0.3 is 15.0 Å². The van der Waals surface area contributed by atoms with E-state index in [0.717, 1.165) is 24.2 Å². The minimum absolute atomic E-state index is 0.153. The van der Waals surface area contributed by atoms with Gasteiger partial charge in [-0.15, -0.1) is 0 Å². The number of methoxy groups -OCH3 is 1. The van der Waals surface area contributed by atoms with Crippen LogP contribution in [-0.4, -0.2) is 38.6 Å². The fourth-order valence-electron chi connectivity index (χ4n) is 3.33. The molecule has 0 aliphatic heterocycles. The monoisotopic (exact) mass is 318 g/mol. The Morgan fingerprint density at radius 1 is 1.26 bits per heavy atom. The zero-order chi connectivity index (χ0) is 16.7. The van der Waals surface area contributed by atoms with Gasteiger partial charge in [-0.2, -0.15) is 0 Å². The number of rotatable bonds is 6. The van der Waals surface area contributed by atoms with Crippen molar-refractivity contribution in [3.05, 3.63) is 29.8 Å². The van der Waals surface area contributed by atoms with Gasteiger partial charge >= 0.3 is 0 Å². The minimum atomic E-state index is 0.153. The molecule has 1 atom stereocenters. The van der Waals surface area contributed by atoms with Gasteiger partial charge in [0.1, 0.15) is 5.75 Å². The molecule has 1 aliphatic carbocycles. The van der Waals surface area contributed by atoms with Crippen LogP contribution < -0.4 is 10.1 Å². The maximum absolute atomic E-state index is 12.5. The van der Waals surface area contributed by atoms with E-state index in [0.29, 0.717) is 6.54 Å². The Morgan fingerprint density at radius 3 is 2.57 bits per heavy atom. The first kappa shape index (κ1) is 17.8. The summed E-state index contributed by atoms with van der Waals surface area (Å²) in [6.45, 7) is 0.634. The third-order valence-corrected chi connectivity index (χ3v) is 4.80. The van der Waals surface area contributed by atoms with Gasteiger partial charge in [0.15, 0.2) is 0 Å². The van der Waals surface area contributed by atoms with Crippen molar-refractivity contribution in [2.24, 2.45) is 5.92 Å². The number of carbonyl (C=O) groups is 1.